The molecule has 0 spiro atoms. The van der Waals surface area contributed by atoms with E-state index >= 15 is 0 Å². The standard InChI is InChI=1S/C16H20N2O3/c1-4-9-18(13(3)20)10-8-16(21)17-15-7-5-6-14(11-15)12(2)19/h4-7,11H,1,8-10H2,2-3H3,(H,17,21). The Kier molecular flexibility index (Phi) is 6.33. The average Bonchev–Trinajstić information content (AvgIpc) is 2.43. The SMILES string of the molecule is C=CCN(CCC(=O)Nc1cccc(C(C)=O)c1)C(C)=O. The van der Waals surface area contributed by atoms with Crippen molar-refractivity contribution in [2.45, 2.75) is 20.3 Å². The third-order valence-electron chi connectivity index (χ3n) is 2.96. The van der Waals surface area contributed by atoms with Gasteiger partial charge in [0.15, 0.2) is 5.78 Å². The van der Waals surface area contributed by atoms with Gasteiger partial charge in [-0.25, -0.2) is 0 Å². The Labute approximate surface area is 124 Å². The lowest BCUT2D eigenvalue weighted by Crippen LogP contribution is -2.32. The highest BCUT2D eigenvalue weighted by atomic mass is 16.2. The number of carbonyl (C=O) groups is 3. The van der Waals surface area contributed by atoms with Gasteiger partial charge in [-0.15, -0.1) is 6.58 Å². The van der Waals surface area contributed by atoms with Gasteiger partial charge < -0.3 is 10.2 Å². The third kappa shape index (κ3) is 5.60. The van der Waals surface area contributed by atoms with Gasteiger partial charge in [0.25, 0.3) is 0 Å². The molecule has 1 rings (SSSR count). The first-order valence-electron chi connectivity index (χ1n) is 6.71. The highest BCUT2D eigenvalue weighted by Gasteiger charge is 2.10. The van der Waals surface area contributed by atoms with Gasteiger partial charge in [-0.2, -0.15) is 0 Å². The predicted octanol–water partition coefficient (Wildman–Crippen LogP) is 2.25. The molecule has 1 aromatic carbocycles. The van der Waals surface area contributed by atoms with Crippen molar-refractivity contribution in [1.82, 2.24) is 4.90 Å². The van der Waals surface area contributed by atoms with Crippen molar-refractivity contribution >= 4 is 23.3 Å². The molecule has 112 valence electrons. The van der Waals surface area contributed by atoms with Crippen LogP contribution in [-0.4, -0.2) is 35.6 Å². The molecule has 0 heterocycles. The zero-order valence-electron chi connectivity index (χ0n) is 12.4. The molecular formula is C16H20N2O3. The van der Waals surface area contributed by atoms with Gasteiger partial charge in [0, 0.05) is 37.7 Å². The summed E-state index contributed by atoms with van der Waals surface area (Å²) in [6.45, 7) is 7.26. The number of anilines is 1. The zero-order valence-corrected chi connectivity index (χ0v) is 12.4. The van der Waals surface area contributed by atoms with E-state index in [4.69, 9.17) is 0 Å². The summed E-state index contributed by atoms with van der Waals surface area (Å²) in [5.41, 5.74) is 1.12. The Hall–Kier alpha value is -2.43. The number of rotatable bonds is 7. The fourth-order valence-electron chi connectivity index (χ4n) is 1.81. The summed E-state index contributed by atoms with van der Waals surface area (Å²) in [6, 6.07) is 6.76. The second-order valence-electron chi connectivity index (χ2n) is 4.69. The lowest BCUT2D eigenvalue weighted by atomic mass is 10.1. The van der Waals surface area contributed by atoms with Crippen molar-refractivity contribution in [1.29, 1.82) is 0 Å². The van der Waals surface area contributed by atoms with Crippen LogP contribution in [0.3, 0.4) is 0 Å². The summed E-state index contributed by atoms with van der Waals surface area (Å²) < 4.78 is 0. The van der Waals surface area contributed by atoms with Gasteiger partial charge in [0.2, 0.25) is 11.8 Å². The minimum atomic E-state index is -0.203. The van der Waals surface area contributed by atoms with Crippen LogP contribution in [0.2, 0.25) is 0 Å². The first-order valence-corrected chi connectivity index (χ1v) is 6.71. The Balaban J connectivity index is 2.57. The summed E-state index contributed by atoms with van der Waals surface area (Å²) >= 11 is 0. The number of carbonyl (C=O) groups excluding carboxylic acids is 3. The van der Waals surface area contributed by atoms with E-state index in [1.807, 2.05) is 0 Å². The van der Waals surface area contributed by atoms with Crippen LogP contribution in [0.4, 0.5) is 5.69 Å². The Bertz CT molecular complexity index is 552. The average molecular weight is 288 g/mol. The largest absolute Gasteiger partial charge is 0.339 e. The number of amides is 2. The first kappa shape index (κ1) is 16.6. The predicted molar refractivity (Wildman–Crippen MR) is 82.1 cm³/mol. The number of nitrogens with one attached hydrogen (secondary N) is 1. The number of ketones is 1. The van der Waals surface area contributed by atoms with Crippen LogP contribution >= 0.6 is 0 Å². The molecule has 0 bridgehead atoms. The van der Waals surface area contributed by atoms with Gasteiger partial charge in [-0.05, 0) is 19.1 Å². The maximum atomic E-state index is 11.9. The number of benzene rings is 1. The molecule has 0 saturated carbocycles. The second-order valence-corrected chi connectivity index (χ2v) is 4.69. The summed E-state index contributed by atoms with van der Waals surface area (Å²) in [4.78, 5) is 36.0. The molecule has 0 saturated heterocycles. The van der Waals surface area contributed by atoms with Crippen LogP contribution in [0, 0.1) is 0 Å². The summed E-state index contributed by atoms with van der Waals surface area (Å²) in [6.07, 6.45) is 1.81. The maximum absolute atomic E-state index is 11.9. The molecule has 0 aliphatic carbocycles. The fraction of sp³-hybridized carbons (Fsp3) is 0.312. The topological polar surface area (TPSA) is 66.5 Å². The van der Waals surface area contributed by atoms with E-state index in [0.29, 0.717) is 24.3 Å². The molecule has 21 heavy (non-hydrogen) atoms. The van der Waals surface area contributed by atoms with E-state index in [1.165, 1.54) is 13.8 Å². The van der Waals surface area contributed by atoms with E-state index in [1.54, 1.807) is 35.2 Å². The molecule has 1 aromatic rings. The molecule has 2 amide bonds. The van der Waals surface area contributed by atoms with Gasteiger partial charge in [-0.3, -0.25) is 14.4 Å². The van der Waals surface area contributed by atoms with Crippen LogP contribution in [0.15, 0.2) is 36.9 Å². The minimum absolute atomic E-state index is 0.0557. The Morgan fingerprint density at radius 2 is 2.00 bits per heavy atom. The Morgan fingerprint density at radius 1 is 1.29 bits per heavy atom. The van der Waals surface area contributed by atoms with Gasteiger partial charge in [0.05, 0.1) is 0 Å². The molecule has 0 fully saturated rings. The van der Waals surface area contributed by atoms with Crippen molar-refractivity contribution < 1.29 is 14.4 Å². The molecule has 0 aliphatic heterocycles. The van der Waals surface area contributed by atoms with E-state index in [2.05, 4.69) is 11.9 Å². The first-order chi connectivity index (χ1) is 9.93. The van der Waals surface area contributed by atoms with E-state index in [9.17, 15) is 14.4 Å². The summed E-state index contributed by atoms with van der Waals surface area (Å²) in [5, 5.41) is 2.72. The van der Waals surface area contributed by atoms with Crippen molar-refractivity contribution in [3.63, 3.8) is 0 Å². The van der Waals surface area contributed by atoms with E-state index in [0.717, 1.165) is 0 Å². The van der Waals surface area contributed by atoms with E-state index in [-0.39, 0.29) is 24.0 Å². The molecular weight excluding hydrogens is 268 g/mol. The molecule has 0 aliphatic rings. The van der Waals surface area contributed by atoms with Crippen LogP contribution < -0.4 is 5.32 Å². The zero-order chi connectivity index (χ0) is 15.8. The quantitative estimate of drug-likeness (QED) is 0.618. The Morgan fingerprint density at radius 3 is 2.57 bits per heavy atom. The lowest BCUT2D eigenvalue weighted by Gasteiger charge is -2.18. The number of Topliss-reactive ketones (excluding diaryl/α,β-unsaturated/α-hetero) is 1. The van der Waals surface area contributed by atoms with Crippen LogP contribution in [-0.2, 0) is 9.59 Å². The molecule has 5 nitrogen and oxygen atoms in total. The van der Waals surface area contributed by atoms with Gasteiger partial charge in [-0.1, -0.05) is 18.2 Å². The van der Waals surface area contributed by atoms with Gasteiger partial charge in [0.1, 0.15) is 0 Å². The number of hydrogen-bond donors (Lipinski definition) is 1. The van der Waals surface area contributed by atoms with Crippen molar-refractivity contribution in [2.75, 3.05) is 18.4 Å². The smallest absolute Gasteiger partial charge is 0.226 e. The number of nitrogens with zero attached hydrogens (tertiary/aromatic N) is 1. The third-order valence-corrected chi connectivity index (χ3v) is 2.96. The van der Waals surface area contributed by atoms with Crippen LogP contribution in [0.5, 0.6) is 0 Å². The number of hydrogen-bond acceptors (Lipinski definition) is 3. The second kappa shape index (κ2) is 7.99. The highest BCUT2D eigenvalue weighted by Crippen LogP contribution is 2.11. The molecule has 1 N–H and O–H groups in total. The van der Waals surface area contributed by atoms with Crippen molar-refractivity contribution in [2.24, 2.45) is 0 Å². The van der Waals surface area contributed by atoms with Crippen LogP contribution in [0.25, 0.3) is 0 Å². The van der Waals surface area contributed by atoms with Gasteiger partial charge >= 0.3 is 0 Å². The summed E-state index contributed by atoms with van der Waals surface area (Å²) in [5.74, 6) is -0.355. The lowest BCUT2D eigenvalue weighted by molar-refractivity contribution is -0.128. The maximum Gasteiger partial charge on any atom is 0.226 e. The normalized spacial score (nSPS) is 9.81. The van der Waals surface area contributed by atoms with Crippen LogP contribution in [0.1, 0.15) is 30.6 Å². The van der Waals surface area contributed by atoms with Crippen molar-refractivity contribution in [3.05, 3.63) is 42.5 Å². The molecule has 0 radical (unpaired) electrons. The molecule has 0 unspecified atom stereocenters. The monoisotopic (exact) mass is 288 g/mol. The fourth-order valence-corrected chi connectivity index (χ4v) is 1.81. The minimum Gasteiger partial charge on any atom is -0.339 e. The molecule has 0 aromatic heterocycles. The van der Waals surface area contributed by atoms with Crippen molar-refractivity contribution in [3.8, 4) is 0 Å². The molecule has 0 atom stereocenters. The molecule has 5 heteroatoms. The highest BCUT2D eigenvalue weighted by molar-refractivity contribution is 5.97. The van der Waals surface area contributed by atoms with E-state index < -0.39 is 0 Å². The summed E-state index contributed by atoms with van der Waals surface area (Å²) in [7, 11) is 0.